The summed E-state index contributed by atoms with van der Waals surface area (Å²) in [6, 6.07) is 8.83. The van der Waals surface area contributed by atoms with E-state index in [-0.39, 0.29) is 11.7 Å². The molecule has 0 unspecified atom stereocenters. The van der Waals surface area contributed by atoms with Gasteiger partial charge < -0.3 is 15.1 Å². The topological polar surface area (TPSA) is 48.5 Å². The number of nitrogens with one attached hydrogen (secondary N) is 1. The van der Waals surface area contributed by atoms with Crippen LogP contribution in [-0.2, 0) is 13.1 Å². The van der Waals surface area contributed by atoms with E-state index in [1.165, 1.54) is 6.42 Å². The fraction of sp³-hybridized carbons (Fsp3) is 0.429. The van der Waals surface area contributed by atoms with Crippen molar-refractivity contribution in [3.8, 4) is 0 Å². The number of rotatable bonds is 6. The van der Waals surface area contributed by atoms with Gasteiger partial charge in [-0.1, -0.05) is 12.1 Å². The minimum atomic E-state index is -0.214. The number of nitrogens with zero attached hydrogens (tertiary/aromatic N) is 3. The molecule has 144 valence electrons. The number of carbonyl (C=O) groups excluding carboxylic acids is 1. The summed E-state index contributed by atoms with van der Waals surface area (Å²) in [5.74, 6) is 0.345. The highest BCUT2D eigenvalue weighted by Gasteiger charge is 2.21. The molecule has 27 heavy (non-hydrogen) atoms. The first-order valence-corrected chi connectivity index (χ1v) is 9.45. The zero-order valence-corrected chi connectivity index (χ0v) is 16.0. The molecule has 6 heteroatoms. The van der Waals surface area contributed by atoms with Gasteiger partial charge in [-0.15, -0.1) is 0 Å². The van der Waals surface area contributed by atoms with Crippen molar-refractivity contribution in [2.45, 2.75) is 32.4 Å². The van der Waals surface area contributed by atoms with Gasteiger partial charge in [0.05, 0.1) is 5.56 Å². The van der Waals surface area contributed by atoms with E-state index in [1.54, 1.807) is 24.4 Å². The lowest BCUT2D eigenvalue weighted by Gasteiger charge is -2.27. The third kappa shape index (κ3) is 5.04. The monoisotopic (exact) mass is 370 g/mol. The largest absolute Gasteiger partial charge is 0.365 e. The predicted molar refractivity (Wildman–Crippen MR) is 105 cm³/mol. The quantitative estimate of drug-likeness (QED) is 0.845. The number of hydrogen-bond donors (Lipinski definition) is 1. The van der Waals surface area contributed by atoms with Crippen LogP contribution >= 0.6 is 0 Å². The van der Waals surface area contributed by atoms with Gasteiger partial charge in [-0.2, -0.15) is 0 Å². The van der Waals surface area contributed by atoms with Crippen molar-refractivity contribution in [3.05, 3.63) is 59.0 Å². The number of hydrogen-bond acceptors (Lipinski definition) is 4. The first-order valence-electron chi connectivity index (χ1n) is 9.45. The van der Waals surface area contributed by atoms with Crippen molar-refractivity contribution in [2.24, 2.45) is 0 Å². The second kappa shape index (κ2) is 8.95. The molecule has 1 N–H and O–H groups in total. The molecule has 1 aliphatic rings. The number of pyridine rings is 1. The van der Waals surface area contributed by atoms with Crippen LogP contribution in [0.3, 0.4) is 0 Å². The maximum absolute atomic E-state index is 14.3. The minimum Gasteiger partial charge on any atom is -0.365 e. The minimum absolute atomic E-state index is 0.0119. The molecule has 5 nitrogen and oxygen atoms in total. The van der Waals surface area contributed by atoms with Gasteiger partial charge in [0, 0.05) is 37.9 Å². The van der Waals surface area contributed by atoms with E-state index in [0.717, 1.165) is 31.5 Å². The molecule has 0 radical (unpaired) electrons. The molecule has 1 aromatic heterocycles. The van der Waals surface area contributed by atoms with Gasteiger partial charge >= 0.3 is 0 Å². The van der Waals surface area contributed by atoms with Gasteiger partial charge in [0.2, 0.25) is 0 Å². The smallest absolute Gasteiger partial charge is 0.257 e. The molecule has 1 fully saturated rings. The van der Waals surface area contributed by atoms with Crippen molar-refractivity contribution in [1.82, 2.24) is 14.8 Å². The Kier molecular flexibility index (Phi) is 6.40. The molecule has 1 amide bonds. The van der Waals surface area contributed by atoms with Crippen LogP contribution in [0.25, 0.3) is 0 Å². The Hall–Kier alpha value is -2.47. The summed E-state index contributed by atoms with van der Waals surface area (Å²) in [5, 5.41) is 3.20. The molecule has 0 saturated carbocycles. The summed E-state index contributed by atoms with van der Waals surface area (Å²) in [4.78, 5) is 21.0. The van der Waals surface area contributed by atoms with E-state index in [0.29, 0.717) is 30.0 Å². The summed E-state index contributed by atoms with van der Waals surface area (Å²) < 4.78 is 14.3. The molecular formula is C21H27FN4O. The fourth-order valence-electron chi connectivity index (χ4n) is 3.34. The van der Waals surface area contributed by atoms with Gasteiger partial charge in [0.15, 0.2) is 0 Å². The first-order chi connectivity index (χ1) is 13.0. The molecule has 0 atom stereocenters. The van der Waals surface area contributed by atoms with Gasteiger partial charge in [0.1, 0.15) is 11.6 Å². The number of aromatic nitrogens is 1. The van der Waals surface area contributed by atoms with E-state index in [2.05, 4.69) is 10.3 Å². The van der Waals surface area contributed by atoms with Crippen molar-refractivity contribution in [1.29, 1.82) is 0 Å². The van der Waals surface area contributed by atoms with E-state index >= 15 is 0 Å². The Labute approximate surface area is 160 Å². The normalized spacial score (nSPS) is 14.4. The summed E-state index contributed by atoms with van der Waals surface area (Å²) in [6.45, 7) is 2.57. The lowest BCUT2D eigenvalue weighted by molar-refractivity contribution is 0.0725. The first kappa shape index (κ1) is 19.3. The second-order valence-electron chi connectivity index (χ2n) is 7.27. The van der Waals surface area contributed by atoms with E-state index in [4.69, 9.17) is 0 Å². The summed E-state index contributed by atoms with van der Waals surface area (Å²) in [6.07, 6.45) is 4.94. The number of likely N-dealkylation sites (tertiary alicyclic amines) is 1. The van der Waals surface area contributed by atoms with Gasteiger partial charge in [-0.05, 0) is 57.1 Å². The third-order valence-corrected chi connectivity index (χ3v) is 4.75. The number of benzene rings is 1. The van der Waals surface area contributed by atoms with Gasteiger partial charge in [-0.25, -0.2) is 9.37 Å². The molecule has 1 saturated heterocycles. The highest BCUT2D eigenvalue weighted by Crippen LogP contribution is 2.19. The maximum Gasteiger partial charge on any atom is 0.257 e. The summed E-state index contributed by atoms with van der Waals surface area (Å²) in [7, 11) is 3.83. The Bertz CT molecular complexity index is 788. The summed E-state index contributed by atoms with van der Waals surface area (Å²) in [5.41, 5.74) is 2.06. The molecule has 1 aliphatic heterocycles. The van der Waals surface area contributed by atoms with Crippen molar-refractivity contribution in [3.63, 3.8) is 0 Å². The Morgan fingerprint density at radius 1 is 1.22 bits per heavy atom. The van der Waals surface area contributed by atoms with Crippen molar-refractivity contribution < 1.29 is 9.18 Å². The highest BCUT2D eigenvalue weighted by atomic mass is 19.1. The molecule has 0 bridgehead atoms. The van der Waals surface area contributed by atoms with Crippen LogP contribution < -0.4 is 5.32 Å². The molecule has 2 heterocycles. The molecule has 0 spiro atoms. The molecule has 1 aromatic carbocycles. The fourth-order valence-corrected chi connectivity index (χ4v) is 3.34. The van der Waals surface area contributed by atoms with Crippen LogP contribution in [0.2, 0.25) is 0 Å². The highest BCUT2D eigenvalue weighted by molar-refractivity contribution is 5.98. The number of carbonyl (C=O) groups is 1. The van der Waals surface area contributed by atoms with Crippen LogP contribution in [0.4, 0.5) is 10.2 Å². The average molecular weight is 370 g/mol. The SMILES string of the molecule is CN(C)Cc1ccc(CNc2ncccc2C(=O)N2CCCCC2)cc1F. The zero-order chi connectivity index (χ0) is 19.2. The van der Waals surface area contributed by atoms with Crippen LogP contribution in [0, 0.1) is 5.82 Å². The summed E-state index contributed by atoms with van der Waals surface area (Å²) >= 11 is 0. The van der Waals surface area contributed by atoms with Crippen LogP contribution in [0.15, 0.2) is 36.5 Å². The molecule has 0 aliphatic carbocycles. The Morgan fingerprint density at radius 3 is 2.70 bits per heavy atom. The van der Waals surface area contributed by atoms with Crippen molar-refractivity contribution in [2.75, 3.05) is 32.5 Å². The maximum atomic E-state index is 14.3. The lowest BCUT2D eigenvalue weighted by atomic mass is 10.1. The molecule has 3 rings (SSSR count). The zero-order valence-electron chi connectivity index (χ0n) is 16.0. The number of piperidine rings is 1. The predicted octanol–water partition coefficient (Wildman–Crippen LogP) is 3.52. The number of amides is 1. The van der Waals surface area contributed by atoms with Gasteiger partial charge in [0.25, 0.3) is 5.91 Å². The Balaban J connectivity index is 1.69. The van der Waals surface area contributed by atoms with E-state index < -0.39 is 0 Å². The van der Waals surface area contributed by atoms with Crippen LogP contribution in [0.5, 0.6) is 0 Å². The Morgan fingerprint density at radius 2 is 2.00 bits per heavy atom. The molecule has 2 aromatic rings. The van der Waals surface area contributed by atoms with E-state index in [1.807, 2.05) is 36.0 Å². The van der Waals surface area contributed by atoms with E-state index in [9.17, 15) is 9.18 Å². The van der Waals surface area contributed by atoms with Crippen LogP contribution in [0.1, 0.15) is 40.7 Å². The number of anilines is 1. The second-order valence-corrected chi connectivity index (χ2v) is 7.27. The van der Waals surface area contributed by atoms with Gasteiger partial charge in [-0.3, -0.25) is 4.79 Å². The third-order valence-electron chi connectivity index (χ3n) is 4.75. The van der Waals surface area contributed by atoms with Crippen molar-refractivity contribution >= 4 is 11.7 Å². The lowest BCUT2D eigenvalue weighted by Crippen LogP contribution is -2.36. The standard InChI is InChI=1S/C21H27FN4O/c1-25(2)15-17-9-8-16(13-19(17)22)14-24-20-18(7-6-10-23-20)21(27)26-11-4-3-5-12-26/h6-10,13H,3-5,11-12,14-15H2,1-2H3,(H,23,24). The van der Waals surface area contributed by atoms with Crippen LogP contribution in [-0.4, -0.2) is 47.9 Å². The number of halogens is 1. The average Bonchev–Trinajstić information content (AvgIpc) is 2.68. The molecular weight excluding hydrogens is 343 g/mol.